The molecule has 0 rings (SSSR count). The van der Waals surface area contributed by atoms with Crippen molar-refractivity contribution in [2.24, 2.45) is 0 Å². The maximum Gasteiger partial charge on any atom is 0.498 e. The predicted octanol–water partition coefficient (Wildman–Crippen LogP) is 1.62. The van der Waals surface area contributed by atoms with Gasteiger partial charge >= 0.3 is 8.80 Å². The highest BCUT2D eigenvalue weighted by Crippen LogP contribution is 2.12. The molecule has 74 valence electrons. The first-order valence-corrected chi connectivity index (χ1v) is 6.75. The number of rotatable bonds is 7. The van der Waals surface area contributed by atoms with Crippen LogP contribution in [-0.2, 0) is 8.85 Å². The van der Waals surface area contributed by atoms with Crippen LogP contribution >= 0.6 is 11.6 Å². The lowest BCUT2D eigenvalue weighted by atomic mass is 10.6. The smallest absolute Gasteiger partial charge is 0.390 e. The second-order valence-corrected chi connectivity index (χ2v) is 5.25. The first kappa shape index (κ1) is 12.4. The Kier molecular flexibility index (Phi) is 7.08. The normalized spacial score (nSPS) is 12.0. The number of alkyl halides is 1. The van der Waals surface area contributed by atoms with Crippen LogP contribution in [0.1, 0.15) is 20.3 Å². The minimum atomic E-state index is -2.85. The van der Waals surface area contributed by atoms with Crippen molar-refractivity contribution in [3.63, 3.8) is 0 Å². The molecule has 0 spiro atoms. The molecule has 0 radical (unpaired) electrons. The maximum atomic E-state index is 9.78. The Morgan fingerprint density at radius 3 is 2.08 bits per heavy atom. The molecule has 12 heavy (non-hydrogen) atoms. The van der Waals surface area contributed by atoms with E-state index in [1.165, 1.54) is 0 Å². The minimum absolute atomic E-state index is 0.491. The van der Waals surface area contributed by atoms with Gasteiger partial charge in [-0.05, 0) is 20.3 Å². The number of hydrogen-bond acceptors (Lipinski definition) is 3. The third kappa shape index (κ3) is 5.11. The summed E-state index contributed by atoms with van der Waals surface area (Å²) in [6, 6.07) is 0.554. The van der Waals surface area contributed by atoms with Crippen LogP contribution in [-0.4, -0.2) is 32.7 Å². The lowest BCUT2D eigenvalue weighted by Crippen LogP contribution is -2.42. The van der Waals surface area contributed by atoms with Gasteiger partial charge in [0.2, 0.25) is 0 Å². The Hall–Kier alpha value is 0.387. The molecule has 0 aliphatic heterocycles. The molecule has 0 saturated heterocycles. The molecule has 0 aliphatic rings. The van der Waals surface area contributed by atoms with E-state index in [0.29, 0.717) is 25.1 Å². The van der Waals surface area contributed by atoms with Gasteiger partial charge in [-0.2, -0.15) is 0 Å². The largest absolute Gasteiger partial charge is 0.498 e. The second kappa shape index (κ2) is 6.86. The summed E-state index contributed by atoms with van der Waals surface area (Å²) in [7, 11) is -2.85. The highest BCUT2D eigenvalue weighted by Gasteiger charge is 2.35. The molecular formula is C7H17ClO3Si. The van der Waals surface area contributed by atoms with E-state index in [1.54, 1.807) is 0 Å². The zero-order valence-corrected chi connectivity index (χ0v) is 9.43. The molecule has 0 fully saturated rings. The molecule has 0 aromatic heterocycles. The highest BCUT2D eigenvalue weighted by molar-refractivity contribution is 6.59. The van der Waals surface area contributed by atoms with Gasteiger partial charge in [0, 0.05) is 25.1 Å². The van der Waals surface area contributed by atoms with E-state index in [1.807, 2.05) is 13.8 Å². The summed E-state index contributed by atoms with van der Waals surface area (Å²) in [6.45, 7) is 4.67. The zero-order chi connectivity index (χ0) is 9.45. The highest BCUT2D eigenvalue weighted by atomic mass is 35.5. The summed E-state index contributed by atoms with van der Waals surface area (Å²) in [6.07, 6.45) is 0.740. The Labute approximate surface area is 80.0 Å². The summed E-state index contributed by atoms with van der Waals surface area (Å²) >= 11 is 5.51. The summed E-state index contributed by atoms with van der Waals surface area (Å²) in [5.74, 6) is 0.537. The summed E-state index contributed by atoms with van der Waals surface area (Å²) in [5, 5.41) is 0. The molecule has 0 bridgehead atoms. The van der Waals surface area contributed by atoms with Crippen molar-refractivity contribution >= 4 is 20.4 Å². The fourth-order valence-electron chi connectivity index (χ4n) is 0.927. The van der Waals surface area contributed by atoms with Crippen molar-refractivity contribution in [3.8, 4) is 0 Å². The molecule has 0 saturated carbocycles. The summed E-state index contributed by atoms with van der Waals surface area (Å²) in [4.78, 5) is 9.78. The van der Waals surface area contributed by atoms with E-state index >= 15 is 0 Å². The van der Waals surface area contributed by atoms with E-state index in [4.69, 9.17) is 20.5 Å². The van der Waals surface area contributed by atoms with Gasteiger partial charge in [-0.15, -0.1) is 11.6 Å². The van der Waals surface area contributed by atoms with Crippen molar-refractivity contribution in [2.45, 2.75) is 26.3 Å². The van der Waals surface area contributed by atoms with Crippen LogP contribution < -0.4 is 0 Å². The van der Waals surface area contributed by atoms with Gasteiger partial charge in [0.1, 0.15) is 0 Å². The summed E-state index contributed by atoms with van der Waals surface area (Å²) in [5.41, 5.74) is 0. The van der Waals surface area contributed by atoms with Crippen molar-refractivity contribution < 1.29 is 13.6 Å². The van der Waals surface area contributed by atoms with Crippen LogP contribution in [0.5, 0.6) is 0 Å². The van der Waals surface area contributed by atoms with Crippen molar-refractivity contribution in [3.05, 3.63) is 0 Å². The molecular weight excluding hydrogens is 196 g/mol. The van der Waals surface area contributed by atoms with E-state index in [-0.39, 0.29) is 0 Å². The minimum Gasteiger partial charge on any atom is -0.390 e. The molecule has 3 nitrogen and oxygen atoms in total. The van der Waals surface area contributed by atoms with Gasteiger partial charge in [-0.1, -0.05) is 0 Å². The van der Waals surface area contributed by atoms with Crippen molar-refractivity contribution in [2.75, 3.05) is 19.1 Å². The standard InChI is InChI=1S/C7H17ClO3Si/c1-3-10-12(9,11-4-2)7-5-6-8/h9H,3-7H2,1-2H3. The van der Waals surface area contributed by atoms with Gasteiger partial charge < -0.3 is 13.6 Å². The Morgan fingerprint density at radius 2 is 1.75 bits per heavy atom. The predicted molar refractivity (Wildman–Crippen MR) is 51.4 cm³/mol. The first-order chi connectivity index (χ1) is 5.68. The molecule has 0 aromatic rings. The van der Waals surface area contributed by atoms with Gasteiger partial charge in [-0.3, -0.25) is 0 Å². The molecule has 1 N–H and O–H groups in total. The Balaban J connectivity index is 3.80. The lowest BCUT2D eigenvalue weighted by molar-refractivity contribution is 0.108. The fraction of sp³-hybridized carbons (Fsp3) is 1.00. The lowest BCUT2D eigenvalue weighted by Gasteiger charge is -2.22. The van der Waals surface area contributed by atoms with Crippen LogP contribution in [0.25, 0.3) is 0 Å². The van der Waals surface area contributed by atoms with Gasteiger partial charge in [0.05, 0.1) is 0 Å². The van der Waals surface area contributed by atoms with Crippen LogP contribution in [0, 0.1) is 0 Å². The fourth-order valence-corrected chi connectivity index (χ4v) is 3.18. The van der Waals surface area contributed by atoms with E-state index < -0.39 is 8.80 Å². The van der Waals surface area contributed by atoms with Crippen LogP contribution in [0.2, 0.25) is 6.04 Å². The van der Waals surface area contributed by atoms with Crippen LogP contribution in [0.3, 0.4) is 0 Å². The van der Waals surface area contributed by atoms with E-state index in [2.05, 4.69) is 0 Å². The SMILES string of the molecule is CCO[Si](O)(CCCCl)OCC. The molecule has 0 aromatic carbocycles. The third-order valence-electron chi connectivity index (χ3n) is 1.37. The van der Waals surface area contributed by atoms with Gasteiger partial charge in [0.25, 0.3) is 0 Å². The molecule has 0 aliphatic carbocycles. The Morgan fingerprint density at radius 1 is 1.25 bits per heavy atom. The Bertz CT molecular complexity index is 107. The second-order valence-electron chi connectivity index (χ2n) is 2.37. The molecule has 0 heterocycles. The maximum absolute atomic E-state index is 9.78. The topological polar surface area (TPSA) is 38.7 Å². The summed E-state index contributed by atoms with van der Waals surface area (Å²) < 4.78 is 10.4. The zero-order valence-electron chi connectivity index (χ0n) is 7.68. The van der Waals surface area contributed by atoms with E-state index in [0.717, 1.165) is 6.42 Å². The van der Waals surface area contributed by atoms with Gasteiger partial charge in [0.15, 0.2) is 0 Å². The molecule has 0 atom stereocenters. The van der Waals surface area contributed by atoms with Crippen LogP contribution in [0.4, 0.5) is 0 Å². The van der Waals surface area contributed by atoms with Crippen LogP contribution in [0.15, 0.2) is 0 Å². The molecule has 5 heteroatoms. The number of halogens is 1. The molecule has 0 amide bonds. The monoisotopic (exact) mass is 212 g/mol. The first-order valence-electron chi connectivity index (χ1n) is 4.24. The third-order valence-corrected chi connectivity index (χ3v) is 4.10. The molecule has 0 unspecified atom stereocenters. The van der Waals surface area contributed by atoms with Crippen molar-refractivity contribution in [1.29, 1.82) is 0 Å². The number of hydrogen-bond donors (Lipinski definition) is 1. The average Bonchev–Trinajstić information content (AvgIpc) is 2.02. The average molecular weight is 213 g/mol. The van der Waals surface area contributed by atoms with E-state index in [9.17, 15) is 4.80 Å². The quantitative estimate of drug-likeness (QED) is 0.515. The van der Waals surface area contributed by atoms with Gasteiger partial charge in [-0.25, -0.2) is 0 Å². The van der Waals surface area contributed by atoms with Crippen molar-refractivity contribution in [1.82, 2.24) is 0 Å².